The maximum Gasteiger partial charge on any atom is 0.317 e. The lowest BCUT2D eigenvalue weighted by Gasteiger charge is -2.32. The number of ether oxygens (including phenoxy) is 1. The number of aryl methyl sites for hydroxylation is 1. The number of urea groups is 1. The van der Waals surface area contributed by atoms with Crippen molar-refractivity contribution < 1.29 is 9.53 Å². The van der Waals surface area contributed by atoms with Crippen LogP contribution in [0.2, 0.25) is 0 Å². The average molecular weight is 348 g/mol. The maximum absolute atomic E-state index is 12.4. The lowest BCUT2D eigenvalue weighted by atomic mass is 10.2. The molecule has 0 unspecified atom stereocenters. The summed E-state index contributed by atoms with van der Waals surface area (Å²) in [6, 6.07) is 4.07. The number of nitrogens with zero attached hydrogens (tertiary/aromatic N) is 3. The lowest BCUT2D eigenvalue weighted by Crippen LogP contribution is -2.48. The van der Waals surface area contributed by atoms with E-state index in [0.717, 1.165) is 12.4 Å². The summed E-state index contributed by atoms with van der Waals surface area (Å²) in [5.41, 5.74) is 0. The number of amides is 2. The van der Waals surface area contributed by atoms with Crippen molar-refractivity contribution in [3.05, 3.63) is 40.6 Å². The monoisotopic (exact) mass is 348 g/mol. The summed E-state index contributed by atoms with van der Waals surface area (Å²) in [7, 11) is 0. The van der Waals surface area contributed by atoms with Crippen molar-refractivity contribution in [1.29, 1.82) is 0 Å². The highest BCUT2D eigenvalue weighted by Gasteiger charge is 2.26. The Bertz CT molecular complexity index is 655. The van der Waals surface area contributed by atoms with Crippen LogP contribution in [-0.4, -0.2) is 46.7 Å². The lowest BCUT2D eigenvalue weighted by molar-refractivity contribution is -0.0136. The van der Waals surface area contributed by atoms with Gasteiger partial charge in [0.1, 0.15) is 11.9 Å². The topological polar surface area (TPSA) is 59.4 Å². The van der Waals surface area contributed by atoms with Crippen molar-refractivity contribution in [2.45, 2.75) is 26.5 Å². The van der Waals surface area contributed by atoms with Gasteiger partial charge in [-0.05, 0) is 24.3 Å². The van der Waals surface area contributed by atoms with Gasteiger partial charge in [0.25, 0.3) is 0 Å². The zero-order valence-corrected chi connectivity index (χ0v) is 15.0. The van der Waals surface area contributed by atoms with E-state index in [0.29, 0.717) is 32.2 Å². The van der Waals surface area contributed by atoms with Gasteiger partial charge < -0.3 is 19.5 Å². The molecule has 1 aliphatic rings. The van der Waals surface area contributed by atoms with Crippen molar-refractivity contribution >= 4 is 17.4 Å². The number of carbonyl (C=O) groups excluding carboxylic acids is 1. The Kier molecular flexibility index (Phi) is 5.52. The molecule has 0 saturated carbocycles. The summed E-state index contributed by atoms with van der Waals surface area (Å²) < 4.78 is 7.90. The fraction of sp³-hybridized carbons (Fsp3) is 0.529. The Balaban J connectivity index is 1.47. The number of rotatable bonds is 5. The summed E-state index contributed by atoms with van der Waals surface area (Å²) in [4.78, 5) is 19.7. The number of aromatic nitrogens is 2. The van der Waals surface area contributed by atoms with Crippen molar-refractivity contribution in [2.24, 2.45) is 5.92 Å². The molecule has 0 aliphatic carbocycles. The third-order valence-electron chi connectivity index (χ3n) is 4.25. The first-order valence-corrected chi connectivity index (χ1v) is 9.17. The fourth-order valence-corrected chi connectivity index (χ4v) is 3.62. The van der Waals surface area contributed by atoms with Gasteiger partial charge in [0.2, 0.25) is 0 Å². The van der Waals surface area contributed by atoms with Gasteiger partial charge in [0.05, 0.1) is 13.2 Å². The third kappa shape index (κ3) is 4.15. The van der Waals surface area contributed by atoms with Crippen LogP contribution >= 0.6 is 11.3 Å². The highest BCUT2D eigenvalue weighted by atomic mass is 32.1. The molecule has 2 aromatic heterocycles. The second-order valence-corrected chi connectivity index (χ2v) is 7.22. The average Bonchev–Trinajstić information content (AvgIpc) is 3.25. The molecule has 0 bridgehead atoms. The number of morpholine rings is 1. The molecule has 3 heterocycles. The minimum atomic E-state index is -0.00550. The summed E-state index contributed by atoms with van der Waals surface area (Å²) in [6.45, 7) is 7.46. The van der Waals surface area contributed by atoms with Gasteiger partial charge in [-0.1, -0.05) is 13.0 Å². The number of nitrogens with one attached hydrogen (secondary N) is 1. The third-order valence-corrected chi connectivity index (χ3v) is 5.21. The summed E-state index contributed by atoms with van der Waals surface area (Å²) in [5.74, 6) is 1.34. The molecule has 1 saturated heterocycles. The molecule has 0 spiro atoms. The SMILES string of the molecule is Cc1nccn1C[C@H](C)CNC(=O)N1CCO[C@@H](c2cccs2)C1. The molecule has 1 N–H and O–H groups in total. The fourth-order valence-electron chi connectivity index (χ4n) is 2.85. The van der Waals surface area contributed by atoms with Gasteiger partial charge in [-0.15, -0.1) is 11.3 Å². The molecule has 1 aliphatic heterocycles. The van der Waals surface area contributed by atoms with E-state index < -0.39 is 0 Å². The van der Waals surface area contributed by atoms with Crippen molar-refractivity contribution in [3.63, 3.8) is 0 Å². The molecule has 2 aromatic rings. The first kappa shape index (κ1) is 17.0. The molecule has 3 rings (SSSR count). The van der Waals surface area contributed by atoms with Gasteiger partial charge in [-0.3, -0.25) is 0 Å². The highest BCUT2D eigenvalue weighted by molar-refractivity contribution is 7.10. The molecule has 0 radical (unpaired) electrons. The van der Waals surface area contributed by atoms with E-state index >= 15 is 0 Å². The number of carbonyl (C=O) groups is 1. The predicted octanol–water partition coefficient (Wildman–Crippen LogP) is 2.67. The smallest absolute Gasteiger partial charge is 0.317 e. The summed E-state index contributed by atoms with van der Waals surface area (Å²) in [5, 5.41) is 5.09. The molecule has 0 aromatic carbocycles. The van der Waals surface area contributed by atoms with E-state index in [4.69, 9.17) is 4.74 Å². The molecule has 2 amide bonds. The second-order valence-electron chi connectivity index (χ2n) is 6.24. The van der Waals surface area contributed by atoms with Crippen molar-refractivity contribution in [3.8, 4) is 0 Å². The maximum atomic E-state index is 12.4. The van der Waals surface area contributed by atoms with Crippen LogP contribution in [-0.2, 0) is 11.3 Å². The van der Waals surface area contributed by atoms with E-state index in [-0.39, 0.29) is 12.1 Å². The van der Waals surface area contributed by atoms with Crippen LogP contribution in [0.3, 0.4) is 0 Å². The Labute approximate surface area is 146 Å². The van der Waals surface area contributed by atoms with Gasteiger partial charge in [0, 0.05) is 36.9 Å². The highest BCUT2D eigenvalue weighted by Crippen LogP contribution is 2.25. The number of hydrogen-bond donors (Lipinski definition) is 1. The molecule has 24 heavy (non-hydrogen) atoms. The number of hydrogen-bond acceptors (Lipinski definition) is 4. The van der Waals surface area contributed by atoms with Crippen molar-refractivity contribution in [1.82, 2.24) is 19.8 Å². The van der Waals surface area contributed by atoms with E-state index in [1.807, 2.05) is 29.5 Å². The summed E-state index contributed by atoms with van der Waals surface area (Å²) >= 11 is 1.67. The standard InChI is InChI=1S/C17H24N4O2S/c1-13(11-20-6-5-18-14(20)2)10-19-17(22)21-7-8-23-15(12-21)16-4-3-9-24-16/h3-6,9,13,15H,7-8,10-12H2,1-2H3,(H,19,22)/t13-,15-/m1/s1. The minimum absolute atomic E-state index is 0.00415. The van der Waals surface area contributed by atoms with E-state index in [1.54, 1.807) is 17.5 Å². The molecule has 1 fully saturated rings. The molecule has 2 atom stereocenters. The van der Waals surface area contributed by atoms with Gasteiger partial charge in [-0.25, -0.2) is 9.78 Å². The van der Waals surface area contributed by atoms with Crippen LogP contribution in [0, 0.1) is 12.8 Å². The largest absolute Gasteiger partial charge is 0.369 e. The van der Waals surface area contributed by atoms with Crippen LogP contribution in [0.5, 0.6) is 0 Å². The molecule has 6 nitrogen and oxygen atoms in total. The normalized spacial score (nSPS) is 19.2. The first-order valence-electron chi connectivity index (χ1n) is 8.29. The van der Waals surface area contributed by atoms with E-state index in [9.17, 15) is 4.79 Å². The van der Waals surface area contributed by atoms with Gasteiger partial charge in [-0.2, -0.15) is 0 Å². The van der Waals surface area contributed by atoms with Crippen LogP contribution in [0.4, 0.5) is 4.79 Å². The van der Waals surface area contributed by atoms with Crippen LogP contribution in [0.25, 0.3) is 0 Å². The molecule has 130 valence electrons. The van der Waals surface area contributed by atoms with Gasteiger partial charge >= 0.3 is 6.03 Å². The Morgan fingerprint density at radius 1 is 1.58 bits per heavy atom. The zero-order valence-electron chi connectivity index (χ0n) is 14.1. The van der Waals surface area contributed by atoms with E-state index in [2.05, 4.69) is 27.9 Å². The molecular weight excluding hydrogens is 324 g/mol. The minimum Gasteiger partial charge on any atom is -0.369 e. The predicted molar refractivity (Wildman–Crippen MR) is 94.1 cm³/mol. The van der Waals surface area contributed by atoms with Crippen LogP contribution in [0.1, 0.15) is 23.7 Å². The van der Waals surface area contributed by atoms with E-state index in [1.165, 1.54) is 4.88 Å². The second kappa shape index (κ2) is 7.81. The first-order chi connectivity index (χ1) is 11.6. The quantitative estimate of drug-likeness (QED) is 0.904. The molecular formula is C17H24N4O2S. The number of thiophene rings is 1. The molecule has 7 heteroatoms. The Morgan fingerprint density at radius 2 is 2.46 bits per heavy atom. The number of imidazole rings is 1. The summed E-state index contributed by atoms with van der Waals surface area (Å²) in [6.07, 6.45) is 3.77. The van der Waals surface area contributed by atoms with Crippen LogP contribution in [0.15, 0.2) is 29.9 Å². The van der Waals surface area contributed by atoms with Crippen LogP contribution < -0.4 is 5.32 Å². The van der Waals surface area contributed by atoms with Gasteiger partial charge in [0.15, 0.2) is 0 Å². The Morgan fingerprint density at radius 3 is 3.17 bits per heavy atom. The zero-order chi connectivity index (χ0) is 16.9. The van der Waals surface area contributed by atoms with Crippen molar-refractivity contribution in [2.75, 3.05) is 26.2 Å². The Hall–Kier alpha value is -1.86.